The van der Waals surface area contributed by atoms with E-state index in [4.69, 9.17) is 18.5 Å². The molecule has 38 heavy (non-hydrogen) atoms. The van der Waals surface area contributed by atoms with Gasteiger partial charge in [-0.1, -0.05) is 130 Å². The molecule has 0 saturated carbocycles. The van der Waals surface area contributed by atoms with Gasteiger partial charge in [-0.05, 0) is 24.7 Å². The third-order valence-corrected chi connectivity index (χ3v) is 8.34. The van der Waals surface area contributed by atoms with Crippen LogP contribution in [0.25, 0.3) is 0 Å². The van der Waals surface area contributed by atoms with E-state index in [2.05, 4.69) is 27.7 Å². The fourth-order valence-electron chi connectivity index (χ4n) is 4.43. The molecule has 0 saturated heterocycles. The summed E-state index contributed by atoms with van der Waals surface area (Å²) >= 11 is 0. The van der Waals surface area contributed by atoms with E-state index in [1.165, 1.54) is 103 Å². The molecule has 0 aromatic carbocycles. The zero-order valence-corrected chi connectivity index (χ0v) is 26.7. The van der Waals surface area contributed by atoms with Crippen LogP contribution in [0, 0.1) is 11.8 Å². The molecule has 0 amide bonds. The highest BCUT2D eigenvalue weighted by Gasteiger charge is 2.23. The maximum Gasteiger partial charge on any atom is 0.355 e. The molecule has 0 aromatic heterocycles. The topological polar surface area (TPSA) is 74.2 Å². The number of aliphatic hydroxyl groups is 1. The predicted molar refractivity (Wildman–Crippen MR) is 161 cm³/mol. The Hall–Kier alpha value is 0.0300. The smallest absolute Gasteiger partial charge is 0.355 e. The fraction of sp³-hybridized carbons (Fsp3) is 1.00. The van der Waals surface area contributed by atoms with Gasteiger partial charge in [0.25, 0.3) is 0 Å². The standard InChI is InChI=1S/C31H65O6P/c1-30(2)21-17-13-9-5-7-11-15-19-23-34-25-27-36-38(33,29-32)37-28-26-35-24-20-16-12-8-6-10-14-18-22-31(3)4/h30-32H,5-29H2,1-4H3. The van der Waals surface area contributed by atoms with Gasteiger partial charge in [0.05, 0.1) is 26.4 Å². The lowest BCUT2D eigenvalue weighted by atomic mass is 10.0. The Kier molecular flexibility index (Phi) is 28.6. The van der Waals surface area contributed by atoms with Crippen molar-refractivity contribution in [2.45, 2.75) is 143 Å². The molecule has 0 unspecified atom stereocenters. The van der Waals surface area contributed by atoms with Crippen LogP contribution in [0.1, 0.15) is 143 Å². The highest BCUT2D eigenvalue weighted by Crippen LogP contribution is 2.46. The largest absolute Gasteiger partial charge is 0.384 e. The van der Waals surface area contributed by atoms with Crippen molar-refractivity contribution in [1.29, 1.82) is 0 Å². The molecule has 0 bridgehead atoms. The van der Waals surface area contributed by atoms with Crippen LogP contribution >= 0.6 is 7.60 Å². The maximum absolute atomic E-state index is 12.4. The van der Waals surface area contributed by atoms with Crippen molar-refractivity contribution in [3.05, 3.63) is 0 Å². The van der Waals surface area contributed by atoms with E-state index in [9.17, 15) is 9.67 Å². The third kappa shape index (κ3) is 29.0. The van der Waals surface area contributed by atoms with E-state index in [0.717, 1.165) is 24.7 Å². The SMILES string of the molecule is CC(C)CCCCCCCCCCOCCOP(=O)(CO)OCCOCCCCCCCCCCC(C)C. The number of hydrogen-bond donors (Lipinski definition) is 1. The Balaban J connectivity index is 3.42. The molecule has 6 nitrogen and oxygen atoms in total. The van der Waals surface area contributed by atoms with E-state index >= 15 is 0 Å². The molecule has 0 aromatic rings. The van der Waals surface area contributed by atoms with Gasteiger partial charge in [0.1, 0.15) is 6.35 Å². The van der Waals surface area contributed by atoms with E-state index in [1.807, 2.05) is 0 Å². The first-order chi connectivity index (χ1) is 18.4. The van der Waals surface area contributed by atoms with Crippen molar-refractivity contribution < 1.29 is 28.2 Å². The number of aliphatic hydroxyl groups excluding tert-OH is 1. The average molecular weight is 565 g/mol. The predicted octanol–water partition coefficient (Wildman–Crippen LogP) is 9.53. The van der Waals surface area contributed by atoms with Crippen molar-refractivity contribution in [2.24, 2.45) is 11.8 Å². The Morgan fingerprint density at radius 1 is 0.474 bits per heavy atom. The van der Waals surface area contributed by atoms with Gasteiger partial charge in [-0.3, -0.25) is 4.57 Å². The lowest BCUT2D eigenvalue weighted by molar-refractivity contribution is 0.0676. The molecule has 0 atom stereocenters. The normalized spacial score (nSPS) is 12.3. The summed E-state index contributed by atoms with van der Waals surface area (Å²) in [7, 11) is -3.48. The number of unbranched alkanes of at least 4 members (excludes halogenated alkanes) is 14. The van der Waals surface area contributed by atoms with Gasteiger partial charge in [-0.2, -0.15) is 0 Å². The summed E-state index contributed by atoms with van der Waals surface area (Å²) in [4.78, 5) is 0. The minimum absolute atomic E-state index is 0.160. The van der Waals surface area contributed by atoms with Crippen LogP contribution in [-0.4, -0.2) is 51.1 Å². The van der Waals surface area contributed by atoms with Crippen molar-refractivity contribution >= 4 is 7.60 Å². The van der Waals surface area contributed by atoms with Gasteiger partial charge in [-0.25, -0.2) is 0 Å². The van der Waals surface area contributed by atoms with Crippen LogP contribution in [0.3, 0.4) is 0 Å². The van der Waals surface area contributed by atoms with Gasteiger partial charge >= 0.3 is 7.60 Å². The van der Waals surface area contributed by atoms with Gasteiger partial charge in [0.15, 0.2) is 0 Å². The number of hydrogen-bond acceptors (Lipinski definition) is 6. The summed E-state index contributed by atoms with van der Waals surface area (Å²) in [6.45, 7) is 11.6. The Labute approximate surface area is 236 Å². The van der Waals surface area contributed by atoms with Crippen LogP contribution < -0.4 is 0 Å². The lowest BCUT2D eigenvalue weighted by Crippen LogP contribution is -2.10. The van der Waals surface area contributed by atoms with E-state index in [1.54, 1.807) is 0 Å². The summed E-state index contributed by atoms with van der Waals surface area (Å²) in [5.74, 6) is 1.66. The Morgan fingerprint density at radius 2 is 0.789 bits per heavy atom. The molecule has 1 N–H and O–H groups in total. The van der Waals surface area contributed by atoms with E-state index < -0.39 is 13.9 Å². The van der Waals surface area contributed by atoms with E-state index in [-0.39, 0.29) is 13.2 Å². The second-order valence-electron chi connectivity index (χ2n) is 11.7. The molecule has 230 valence electrons. The van der Waals surface area contributed by atoms with Crippen LogP contribution in [0.5, 0.6) is 0 Å². The lowest BCUT2D eigenvalue weighted by Gasteiger charge is -2.16. The Morgan fingerprint density at radius 3 is 1.11 bits per heavy atom. The van der Waals surface area contributed by atoms with Crippen LogP contribution in [-0.2, 0) is 23.1 Å². The first-order valence-electron chi connectivity index (χ1n) is 16.0. The van der Waals surface area contributed by atoms with Crippen molar-refractivity contribution in [3.8, 4) is 0 Å². The second kappa shape index (κ2) is 28.6. The summed E-state index contributed by atoms with van der Waals surface area (Å²) in [5, 5.41) is 9.42. The summed E-state index contributed by atoms with van der Waals surface area (Å²) < 4.78 is 34.2. The molecule has 0 aliphatic carbocycles. The molecule has 0 fully saturated rings. The highest BCUT2D eigenvalue weighted by atomic mass is 31.2. The quantitative estimate of drug-likeness (QED) is 0.0667. The zero-order valence-electron chi connectivity index (χ0n) is 25.8. The Bertz CT molecular complexity index is 475. The number of rotatable bonds is 31. The molecule has 0 heterocycles. The van der Waals surface area contributed by atoms with Crippen LogP contribution in [0.4, 0.5) is 0 Å². The molecule has 7 heteroatoms. The molecule has 0 rings (SSSR count). The molecule has 0 spiro atoms. The van der Waals surface area contributed by atoms with Crippen LogP contribution in [0.15, 0.2) is 0 Å². The number of ether oxygens (including phenoxy) is 2. The van der Waals surface area contributed by atoms with E-state index in [0.29, 0.717) is 26.4 Å². The second-order valence-corrected chi connectivity index (χ2v) is 13.7. The molecule has 0 radical (unpaired) electrons. The third-order valence-electron chi connectivity index (χ3n) is 6.84. The highest BCUT2D eigenvalue weighted by molar-refractivity contribution is 7.53. The van der Waals surface area contributed by atoms with Crippen molar-refractivity contribution in [2.75, 3.05) is 46.0 Å². The maximum atomic E-state index is 12.4. The summed E-state index contributed by atoms with van der Waals surface area (Å²) in [6.07, 6.45) is 22.6. The van der Waals surface area contributed by atoms with Gasteiger partial charge < -0.3 is 23.6 Å². The summed E-state index contributed by atoms with van der Waals surface area (Å²) in [5.41, 5.74) is 0. The fourth-order valence-corrected chi connectivity index (χ4v) is 5.37. The average Bonchev–Trinajstić information content (AvgIpc) is 2.88. The monoisotopic (exact) mass is 564 g/mol. The van der Waals surface area contributed by atoms with Gasteiger partial charge in [0.2, 0.25) is 0 Å². The minimum atomic E-state index is -3.48. The minimum Gasteiger partial charge on any atom is -0.384 e. The van der Waals surface area contributed by atoms with Crippen LogP contribution in [0.2, 0.25) is 0 Å². The molecular weight excluding hydrogens is 499 g/mol. The first kappa shape index (κ1) is 38.0. The van der Waals surface area contributed by atoms with Crippen molar-refractivity contribution in [1.82, 2.24) is 0 Å². The zero-order chi connectivity index (χ0) is 28.2. The van der Waals surface area contributed by atoms with Gasteiger partial charge in [-0.15, -0.1) is 0 Å². The molecule has 0 aliphatic heterocycles. The van der Waals surface area contributed by atoms with Crippen molar-refractivity contribution in [3.63, 3.8) is 0 Å². The summed E-state index contributed by atoms with van der Waals surface area (Å²) in [6, 6.07) is 0. The molecule has 0 aliphatic rings. The first-order valence-corrected chi connectivity index (χ1v) is 17.8. The van der Waals surface area contributed by atoms with Gasteiger partial charge in [0, 0.05) is 13.2 Å². The molecular formula is C31H65O6P.